The number of aromatic nitrogens is 1. The first-order valence-corrected chi connectivity index (χ1v) is 12.3. The summed E-state index contributed by atoms with van der Waals surface area (Å²) in [6.07, 6.45) is 8.70. The van der Waals surface area contributed by atoms with E-state index in [2.05, 4.69) is 29.1 Å². The molecule has 2 aromatic rings. The number of ether oxygens (including phenoxy) is 1. The molecule has 0 radical (unpaired) electrons. The molecule has 1 saturated carbocycles. The highest BCUT2D eigenvalue weighted by Gasteiger charge is 2.32. The predicted molar refractivity (Wildman–Crippen MR) is 126 cm³/mol. The van der Waals surface area contributed by atoms with Gasteiger partial charge in [0.05, 0.1) is 12.1 Å². The molecule has 1 aliphatic heterocycles. The van der Waals surface area contributed by atoms with Crippen LogP contribution in [0.4, 0.5) is 5.88 Å². The van der Waals surface area contributed by atoms with Crippen molar-refractivity contribution in [2.24, 2.45) is 5.92 Å². The van der Waals surface area contributed by atoms with Crippen LogP contribution in [-0.2, 0) is 16.1 Å². The van der Waals surface area contributed by atoms with Crippen molar-refractivity contribution in [3.8, 4) is 11.3 Å². The summed E-state index contributed by atoms with van der Waals surface area (Å²) in [4.78, 5) is 17.9. The van der Waals surface area contributed by atoms with E-state index in [9.17, 15) is 4.79 Å². The Balaban J connectivity index is 1.67. The summed E-state index contributed by atoms with van der Waals surface area (Å²) in [6.45, 7) is 5.11. The summed E-state index contributed by atoms with van der Waals surface area (Å²) in [5.41, 5.74) is 2.93. The number of nitrogens with zero attached hydrogens (tertiary/aromatic N) is 3. The van der Waals surface area contributed by atoms with Gasteiger partial charge in [-0.15, -0.1) is 0 Å². The molecule has 2 aliphatic rings. The molecule has 2 heterocycles. The number of hydrogen-bond donors (Lipinski definition) is 0. The standard InChI is InChI=1S/C26H37N3O3/c1-20-11-8-9-17-29(20)26-23(24(27-32-26)21-12-4-3-5-13-21)19-28(16-10-18-31-2)25(30)22-14-6-7-15-22/h3-5,12-13,20,22H,6-11,14-19H2,1-2H3/t20-/m0/s1. The Labute approximate surface area is 191 Å². The fourth-order valence-electron chi connectivity index (χ4n) is 5.18. The number of benzene rings is 1. The van der Waals surface area contributed by atoms with Crippen molar-refractivity contribution in [1.82, 2.24) is 10.1 Å². The van der Waals surface area contributed by atoms with Crippen LogP contribution in [0.5, 0.6) is 0 Å². The van der Waals surface area contributed by atoms with Crippen molar-refractivity contribution < 1.29 is 14.1 Å². The summed E-state index contributed by atoms with van der Waals surface area (Å²) in [6, 6.07) is 10.6. The lowest BCUT2D eigenvalue weighted by Crippen LogP contribution is -2.39. The molecule has 0 bridgehead atoms. The van der Waals surface area contributed by atoms with Crippen molar-refractivity contribution in [3.05, 3.63) is 35.9 Å². The molecule has 4 rings (SSSR count). The molecule has 6 nitrogen and oxygen atoms in total. The van der Waals surface area contributed by atoms with Crippen molar-refractivity contribution in [2.45, 2.75) is 70.9 Å². The van der Waals surface area contributed by atoms with Gasteiger partial charge in [-0.1, -0.05) is 48.3 Å². The first kappa shape index (κ1) is 22.8. The summed E-state index contributed by atoms with van der Waals surface area (Å²) in [5.74, 6) is 1.26. The second-order valence-electron chi connectivity index (χ2n) is 9.31. The van der Waals surface area contributed by atoms with Crippen molar-refractivity contribution >= 4 is 11.8 Å². The van der Waals surface area contributed by atoms with Crippen LogP contribution < -0.4 is 4.90 Å². The first-order valence-electron chi connectivity index (χ1n) is 12.3. The number of piperidine rings is 1. The number of rotatable bonds is 9. The zero-order valence-electron chi connectivity index (χ0n) is 19.6. The van der Waals surface area contributed by atoms with Gasteiger partial charge >= 0.3 is 0 Å². The Bertz CT molecular complexity index is 860. The maximum atomic E-state index is 13.5. The highest BCUT2D eigenvalue weighted by Crippen LogP contribution is 2.36. The third-order valence-corrected chi connectivity index (χ3v) is 7.02. The fraction of sp³-hybridized carbons (Fsp3) is 0.615. The van der Waals surface area contributed by atoms with E-state index in [-0.39, 0.29) is 11.8 Å². The summed E-state index contributed by atoms with van der Waals surface area (Å²) in [5, 5.41) is 4.52. The molecule has 32 heavy (non-hydrogen) atoms. The largest absolute Gasteiger partial charge is 0.385 e. The minimum Gasteiger partial charge on any atom is -0.385 e. The fourth-order valence-corrected chi connectivity index (χ4v) is 5.18. The average molecular weight is 440 g/mol. The molecule has 0 unspecified atom stereocenters. The SMILES string of the molecule is COCCCN(Cc1c(-c2ccccc2)noc1N1CCCC[C@@H]1C)C(=O)C1CCCC1. The highest BCUT2D eigenvalue weighted by atomic mass is 16.5. The van der Waals surface area contributed by atoms with Crippen LogP contribution in [0.3, 0.4) is 0 Å². The Kier molecular flexibility index (Phi) is 7.85. The lowest BCUT2D eigenvalue weighted by molar-refractivity contribution is -0.136. The van der Waals surface area contributed by atoms with Crippen molar-refractivity contribution in [3.63, 3.8) is 0 Å². The molecule has 1 saturated heterocycles. The average Bonchev–Trinajstić information content (AvgIpc) is 3.50. The van der Waals surface area contributed by atoms with E-state index < -0.39 is 0 Å². The van der Waals surface area contributed by atoms with Gasteiger partial charge in [0.2, 0.25) is 11.8 Å². The number of carbonyl (C=O) groups excluding carboxylic acids is 1. The van der Waals surface area contributed by atoms with E-state index in [1.54, 1.807) is 7.11 Å². The Morgan fingerprint density at radius 2 is 1.91 bits per heavy atom. The summed E-state index contributed by atoms with van der Waals surface area (Å²) in [7, 11) is 1.71. The minimum atomic E-state index is 0.148. The zero-order chi connectivity index (χ0) is 22.3. The Hall–Kier alpha value is -2.34. The predicted octanol–water partition coefficient (Wildman–Crippen LogP) is 5.28. The third-order valence-electron chi connectivity index (χ3n) is 7.02. The number of amides is 1. The van der Waals surface area contributed by atoms with E-state index in [1.807, 2.05) is 23.1 Å². The molecule has 2 fully saturated rings. The molecule has 6 heteroatoms. The van der Waals surface area contributed by atoms with Gasteiger partial charge in [-0.2, -0.15) is 0 Å². The Morgan fingerprint density at radius 1 is 1.16 bits per heavy atom. The molecular weight excluding hydrogens is 402 g/mol. The Morgan fingerprint density at radius 3 is 2.62 bits per heavy atom. The lowest BCUT2D eigenvalue weighted by Gasteiger charge is -2.34. The van der Waals surface area contributed by atoms with Gasteiger partial charge in [0.1, 0.15) is 5.69 Å². The molecule has 1 amide bonds. The van der Waals surface area contributed by atoms with Crippen LogP contribution in [0.25, 0.3) is 11.3 Å². The monoisotopic (exact) mass is 439 g/mol. The number of anilines is 1. The topological polar surface area (TPSA) is 58.8 Å². The molecule has 0 N–H and O–H groups in total. The summed E-state index contributed by atoms with van der Waals surface area (Å²) < 4.78 is 11.3. The molecule has 1 aliphatic carbocycles. The van der Waals surface area contributed by atoms with Crippen LogP contribution in [0.1, 0.15) is 63.9 Å². The van der Waals surface area contributed by atoms with Gasteiger partial charge in [0, 0.05) is 44.3 Å². The smallest absolute Gasteiger partial charge is 0.233 e. The highest BCUT2D eigenvalue weighted by molar-refractivity contribution is 5.80. The van der Waals surface area contributed by atoms with E-state index in [4.69, 9.17) is 9.26 Å². The number of carbonyl (C=O) groups is 1. The van der Waals surface area contributed by atoms with Gasteiger partial charge in [-0.3, -0.25) is 4.79 Å². The number of hydrogen-bond acceptors (Lipinski definition) is 5. The molecule has 1 aromatic carbocycles. The van der Waals surface area contributed by atoms with Crippen LogP contribution in [-0.4, -0.2) is 48.8 Å². The van der Waals surface area contributed by atoms with E-state index in [1.165, 1.54) is 6.42 Å². The van der Waals surface area contributed by atoms with Crippen LogP contribution in [0.15, 0.2) is 34.9 Å². The van der Waals surface area contributed by atoms with Crippen molar-refractivity contribution in [1.29, 1.82) is 0 Å². The van der Waals surface area contributed by atoms with Gasteiger partial charge < -0.3 is 19.1 Å². The number of methoxy groups -OCH3 is 1. The van der Waals surface area contributed by atoms with Gasteiger partial charge in [0.15, 0.2) is 0 Å². The lowest BCUT2D eigenvalue weighted by atomic mass is 10.0. The second kappa shape index (κ2) is 11.0. The molecule has 174 valence electrons. The second-order valence-corrected chi connectivity index (χ2v) is 9.31. The van der Waals surface area contributed by atoms with Crippen LogP contribution in [0.2, 0.25) is 0 Å². The van der Waals surface area contributed by atoms with Crippen molar-refractivity contribution in [2.75, 3.05) is 31.7 Å². The molecule has 0 spiro atoms. The van der Waals surface area contributed by atoms with Gasteiger partial charge in [0.25, 0.3) is 0 Å². The van der Waals surface area contributed by atoms with E-state index >= 15 is 0 Å². The zero-order valence-corrected chi connectivity index (χ0v) is 19.6. The maximum Gasteiger partial charge on any atom is 0.233 e. The maximum absolute atomic E-state index is 13.5. The molecule has 1 atom stereocenters. The van der Waals surface area contributed by atoms with Gasteiger partial charge in [-0.25, -0.2) is 0 Å². The summed E-state index contributed by atoms with van der Waals surface area (Å²) >= 11 is 0. The molecular formula is C26H37N3O3. The first-order chi connectivity index (χ1) is 15.7. The molecule has 1 aromatic heterocycles. The minimum absolute atomic E-state index is 0.148. The van der Waals surface area contributed by atoms with Crippen LogP contribution in [0, 0.1) is 5.92 Å². The third kappa shape index (κ3) is 5.17. The van der Waals surface area contributed by atoms with Gasteiger partial charge in [-0.05, 0) is 45.4 Å². The van der Waals surface area contributed by atoms with E-state index in [0.717, 1.165) is 74.2 Å². The quantitative estimate of drug-likeness (QED) is 0.498. The normalized spacial score (nSPS) is 19.4. The van der Waals surface area contributed by atoms with E-state index in [0.29, 0.717) is 25.7 Å². The van der Waals surface area contributed by atoms with Crippen LogP contribution >= 0.6 is 0 Å².